The molecule has 1 heterocycles. The van der Waals surface area contributed by atoms with Gasteiger partial charge in [0.05, 0.1) is 23.7 Å². The van der Waals surface area contributed by atoms with Crippen molar-refractivity contribution >= 4 is 10.9 Å². The molecule has 0 saturated heterocycles. The van der Waals surface area contributed by atoms with E-state index < -0.39 is 17.6 Å². The molecule has 2 aromatic carbocycles. The lowest BCUT2D eigenvalue weighted by molar-refractivity contribution is -0.146. The average molecular weight is 320 g/mol. The van der Waals surface area contributed by atoms with Crippen LogP contribution in [0.5, 0.6) is 5.75 Å². The van der Waals surface area contributed by atoms with Gasteiger partial charge in [0.25, 0.3) is 5.56 Å². The van der Waals surface area contributed by atoms with Gasteiger partial charge < -0.3 is 4.74 Å². The van der Waals surface area contributed by atoms with Gasteiger partial charge in [-0.3, -0.25) is 9.36 Å². The van der Waals surface area contributed by atoms with Crippen LogP contribution in [0.25, 0.3) is 16.6 Å². The van der Waals surface area contributed by atoms with Crippen molar-refractivity contribution in [2.75, 3.05) is 7.11 Å². The van der Waals surface area contributed by atoms with E-state index in [4.69, 9.17) is 4.74 Å². The predicted octanol–water partition coefficient (Wildman–Crippen LogP) is 3.41. The van der Waals surface area contributed by atoms with Gasteiger partial charge >= 0.3 is 6.18 Å². The number of fused-ring (bicyclic) bond motifs is 1. The maximum Gasteiger partial charge on any atom is 0.450 e. The summed E-state index contributed by atoms with van der Waals surface area (Å²) in [5, 5.41) is 0.103. The fourth-order valence-electron chi connectivity index (χ4n) is 2.36. The summed E-state index contributed by atoms with van der Waals surface area (Å²) in [6.45, 7) is 0. The number of alkyl halides is 3. The van der Waals surface area contributed by atoms with Gasteiger partial charge in [-0.1, -0.05) is 24.3 Å². The van der Waals surface area contributed by atoms with E-state index in [9.17, 15) is 18.0 Å². The summed E-state index contributed by atoms with van der Waals surface area (Å²) in [4.78, 5) is 16.3. The summed E-state index contributed by atoms with van der Waals surface area (Å²) in [6.07, 6.45) is -4.79. The van der Waals surface area contributed by atoms with E-state index in [1.165, 1.54) is 43.5 Å². The molecule has 0 saturated carbocycles. The van der Waals surface area contributed by atoms with Crippen LogP contribution >= 0.6 is 0 Å². The summed E-state index contributed by atoms with van der Waals surface area (Å²) in [7, 11) is 1.33. The van der Waals surface area contributed by atoms with E-state index in [0.29, 0.717) is 4.57 Å². The number of rotatable bonds is 2. The Labute approximate surface area is 128 Å². The molecule has 1 aromatic heterocycles. The van der Waals surface area contributed by atoms with E-state index in [-0.39, 0.29) is 22.3 Å². The van der Waals surface area contributed by atoms with Crippen molar-refractivity contribution in [1.29, 1.82) is 0 Å². The number of ether oxygens (including phenoxy) is 1. The smallest absolute Gasteiger partial charge is 0.450 e. The molecule has 0 spiro atoms. The van der Waals surface area contributed by atoms with Crippen molar-refractivity contribution in [3.63, 3.8) is 0 Å². The molecular weight excluding hydrogens is 309 g/mol. The Kier molecular flexibility index (Phi) is 3.55. The predicted molar refractivity (Wildman–Crippen MR) is 78.9 cm³/mol. The van der Waals surface area contributed by atoms with Crippen molar-refractivity contribution < 1.29 is 17.9 Å². The van der Waals surface area contributed by atoms with Crippen LogP contribution in [-0.2, 0) is 6.18 Å². The van der Waals surface area contributed by atoms with Gasteiger partial charge in [-0.05, 0) is 24.3 Å². The lowest BCUT2D eigenvalue weighted by Gasteiger charge is -2.17. The summed E-state index contributed by atoms with van der Waals surface area (Å²) in [6, 6.07) is 11.9. The largest absolute Gasteiger partial charge is 0.495 e. The molecule has 3 aromatic rings. The highest BCUT2D eigenvalue weighted by atomic mass is 19.4. The summed E-state index contributed by atoms with van der Waals surface area (Å²) >= 11 is 0. The van der Waals surface area contributed by atoms with Crippen molar-refractivity contribution in [3.8, 4) is 11.4 Å². The maximum atomic E-state index is 13.4. The number of benzene rings is 2. The number of hydrogen-bond acceptors (Lipinski definition) is 3. The van der Waals surface area contributed by atoms with Crippen LogP contribution in [0.4, 0.5) is 13.2 Å². The Hall–Kier alpha value is -2.83. The van der Waals surface area contributed by atoms with Gasteiger partial charge in [0.15, 0.2) is 0 Å². The van der Waals surface area contributed by atoms with Crippen LogP contribution < -0.4 is 10.3 Å². The SMILES string of the molecule is COc1ccccc1-n1c(C(F)(F)F)nc2ccccc2c1=O. The van der Waals surface area contributed by atoms with E-state index >= 15 is 0 Å². The molecule has 0 bridgehead atoms. The van der Waals surface area contributed by atoms with Crippen LogP contribution in [0, 0.1) is 0 Å². The molecule has 0 atom stereocenters. The van der Waals surface area contributed by atoms with Crippen molar-refractivity contribution in [1.82, 2.24) is 9.55 Å². The van der Waals surface area contributed by atoms with Gasteiger partial charge in [0.1, 0.15) is 5.75 Å². The average Bonchev–Trinajstić information content (AvgIpc) is 2.54. The first-order valence-electron chi connectivity index (χ1n) is 6.66. The summed E-state index contributed by atoms with van der Waals surface area (Å²) < 4.78 is 45.9. The number of methoxy groups -OCH3 is 1. The fourth-order valence-corrected chi connectivity index (χ4v) is 2.36. The third-order valence-electron chi connectivity index (χ3n) is 3.36. The molecule has 23 heavy (non-hydrogen) atoms. The van der Waals surface area contributed by atoms with Crippen molar-refractivity contribution in [3.05, 3.63) is 64.7 Å². The quantitative estimate of drug-likeness (QED) is 0.727. The van der Waals surface area contributed by atoms with E-state index in [1.807, 2.05) is 0 Å². The molecule has 0 radical (unpaired) electrons. The first-order valence-corrected chi connectivity index (χ1v) is 6.66. The number of hydrogen-bond donors (Lipinski definition) is 0. The second-order valence-corrected chi connectivity index (χ2v) is 4.76. The molecule has 0 aliphatic carbocycles. The summed E-state index contributed by atoms with van der Waals surface area (Å²) in [5.74, 6) is -1.14. The molecule has 7 heteroatoms. The zero-order valence-corrected chi connectivity index (χ0v) is 12.0. The van der Waals surface area contributed by atoms with Gasteiger partial charge in [-0.25, -0.2) is 4.98 Å². The van der Waals surface area contributed by atoms with Crippen LogP contribution in [0.15, 0.2) is 53.3 Å². The van der Waals surface area contributed by atoms with Crippen LogP contribution in [-0.4, -0.2) is 16.7 Å². The lowest BCUT2D eigenvalue weighted by atomic mass is 10.2. The summed E-state index contributed by atoms with van der Waals surface area (Å²) in [5.41, 5.74) is -0.811. The topological polar surface area (TPSA) is 44.1 Å². The van der Waals surface area contributed by atoms with E-state index in [2.05, 4.69) is 4.98 Å². The monoisotopic (exact) mass is 320 g/mol. The first-order chi connectivity index (χ1) is 10.9. The molecule has 118 valence electrons. The molecular formula is C16H11F3N2O2. The standard InChI is InChI=1S/C16H11F3N2O2/c1-23-13-9-5-4-8-12(13)21-14(22)10-6-2-3-7-11(10)20-15(21)16(17,18)19/h2-9H,1H3. The first kappa shape index (κ1) is 15.1. The maximum absolute atomic E-state index is 13.4. The van der Waals surface area contributed by atoms with E-state index in [0.717, 1.165) is 0 Å². The van der Waals surface area contributed by atoms with Gasteiger partial charge in [0, 0.05) is 0 Å². The number of nitrogens with zero attached hydrogens (tertiary/aromatic N) is 2. The molecule has 0 N–H and O–H groups in total. The minimum Gasteiger partial charge on any atom is -0.495 e. The molecule has 0 amide bonds. The van der Waals surface area contributed by atoms with Crippen LogP contribution in [0.3, 0.4) is 0 Å². The highest BCUT2D eigenvalue weighted by Gasteiger charge is 2.38. The van der Waals surface area contributed by atoms with Crippen molar-refractivity contribution in [2.24, 2.45) is 0 Å². The van der Waals surface area contributed by atoms with Gasteiger partial charge in [-0.2, -0.15) is 13.2 Å². The van der Waals surface area contributed by atoms with Gasteiger partial charge in [-0.15, -0.1) is 0 Å². The Morgan fingerprint density at radius 1 is 1.04 bits per heavy atom. The molecule has 0 aliphatic rings. The van der Waals surface area contributed by atoms with Crippen LogP contribution in [0.1, 0.15) is 5.82 Å². The normalized spacial score (nSPS) is 11.7. The Morgan fingerprint density at radius 2 is 1.70 bits per heavy atom. The zero-order valence-electron chi connectivity index (χ0n) is 12.0. The molecule has 4 nitrogen and oxygen atoms in total. The number of aromatic nitrogens is 2. The minimum absolute atomic E-state index is 0.00373. The Balaban J connectivity index is 2.48. The second-order valence-electron chi connectivity index (χ2n) is 4.76. The molecule has 3 rings (SSSR count). The molecule has 0 aliphatic heterocycles. The molecule has 0 unspecified atom stereocenters. The molecule has 0 fully saturated rings. The highest BCUT2D eigenvalue weighted by molar-refractivity contribution is 5.78. The third-order valence-corrected chi connectivity index (χ3v) is 3.36. The van der Waals surface area contributed by atoms with Gasteiger partial charge in [0.2, 0.25) is 5.82 Å². The Morgan fingerprint density at radius 3 is 2.39 bits per heavy atom. The minimum atomic E-state index is -4.79. The van der Waals surface area contributed by atoms with Crippen molar-refractivity contribution in [2.45, 2.75) is 6.18 Å². The number of para-hydroxylation sites is 3. The second kappa shape index (κ2) is 5.42. The van der Waals surface area contributed by atoms with E-state index in [1.54, 1.807) is 12.1 Å². The fraction of sp³-hybridized carbons (Fsp3) is 0.125. The number of halogens is 3. The Bertz CT molecular complexity index is 932. The van der Waals surface area contributed by atoms with Crippen LogP contribution in [0.2, 0.25) is 0 Å². The zero-order chi connectivity index (χ0) is 16.6. The lowest BCUT2D eigenvalue weighted by Crippen LogP contribution is -2.29. The highest BCUT2D eigenvalue weighted by Crippen LogP contribution is 2.32. The third kappa shape index (κ3) is 2.54.